The van der Waals surface area contributed by atoms with Crippen molar-refractivity contribution in [1.29, 1.82) is 0 Å². The Morgan fingerprint density at radius 2 is 1.88 bits per heavy atom. The van der Waals surface area contributed by atoms with E-state index >= 15 is 0 Å². The second-order valence-corrected chi connectivity index (χ2v) is 5.69. The molecule has 5 heteroatoms. The van der Waals surface area contributed by atoms with Crippen LogP contribution in [0, 0.1) is 5.82 Å². The van der Waals surface area contributed by atoms with Gasteiger partial charge in [0.05, 0.1) is 0 Å². The third kappa shape index (κ3) is 3.26. The average molecular weight is 259 g/mol. The lowest BCUT2D eigenvalue weighted by Crippen LogP contribution is -2.32. The minimum atomic E-state index is -3.70. The van der Waals surface area contributed by atoms with Gasteiger partial charge in [-0.05, 0) is 18.6 Å². The molecular weight excluding hydrogens is 241 g/mol. The summed E-state index contributed by atoms with van der Waals surface area (Å²) >= 11 is 0. The predicted octanol–water partition coefficient (Wildman–Crippen LogP) is 2.64. The zero-order valence-corrected chi connectivity index (χ0v) is 11.0. The normalized spacial score (nSPS) is 12.0. The highest BCUT2D eigenvalue weighted by atomic mass is 32.2. The first-order chi connectivity index (χ1) is 8.04. The van der Waals surface area contributed by atoms with Gasteiger partial charge in [-0.1, -0.05) is 32.4 Å². The van der Waals surface area contributed by atoms with Crippen LogP contribution in [0.5, 0.6) is 0 Å². The zero-order valence-electron chi connectivity index (χ0n) is 10.2. The van der Waals surface area contributed by atoms with E-state index in [0.717, 1.165) is 12.8 Å². The number of benzene rings is 1. The number of halogens is 1. The molecule has 0 radical (unpaired) electrons. The van der Waals surface area contributed by atoms with Crippen LogP contribution in [0.15, 0.2) is 29.2 Å². The van der Waals surface area contributed by atoms with Gasteiger partial charge in [0.25, 0.3) is 0 Å². The van der Waals surface area contributed by atoms with Crippen molar-refractivity contribution in [2.24, 2.45) is 0 Å². The molecule has 0 unspecified atom stereocenters. The van der Waals surface area contributed by atoms with Crippen molar-refractivity contribution < 1.29 is 12.8 Å². The maximum Gasteiger partial charge on any atom is 0.245 e. The standard InChI is InChI=1S/C12H18FNO2S/c1-3-5-10-14(4-2)17(15,16)12-9-7-6-8-11(12)13/h6-9H,3-5,10H2,1-2H3. The third-order valence-corrected chi connectivity index (χ3v) is 4.58. The van der Waals surface area contributed by atoms with Crippen molar-refractivity contribution in [3.63, 3.8) is 0 Å². The predicted molar refractivity (Wildman–Crippen MR) is 65.7 cm³/mol. The van der Waals surface area contributed by atoms with Crippen LogP contribution in [-0.2, 0) is 10.0 Å². The molecule has 0 aromatic heterocycles. The van der Waals surface area contributed by atoms with Crippen molar-refractivity contribution in [3.05, 3.63) is 30.1 Å². The molecule has 0 heterocycles. The van der Waals surface area contributed by atoms with Crippen LogP contribution in [0.1, 0.15) is 26.7 Å². The lowest BCUT2D eigenvalue weighted by atomic mass is 10.3. The summed E-state index contributed by atoms with van der Waals surface area (Å²) in [6, 6.07) is 5.49. The molecule has 1 aromatic rings. The van der Waals surface area contributed by atoms with Crippen LogP contribution < -0.4 is 0 Å². The number of nitrogens with zero attached hydrogens (tertiary/aromatic N) is 1. The molecule has 1 aromatic carbocycles. The smallest absolute Gasteiger partial charge is 0.207 e. The molecule has 1 rings (SSSR count). The molecular formula is C12H18FNO2S. The summed E-state index contributed by atoms with van der Waals surface area (Å²) in [4.78, 5) is -0.238. The van der Waals surface area contributed by atoms with Gasteiger partial charge in [0.15, 0.2) is 0 Å². The topological polar surface area (TPSA) is 37.4 Å². The van der Waals surface area contributed by atoms with E-state index in [1.54, 1.807) is 6.92 Å². The monoisotopic (exact) mass is 259 g/mol. The van der Waals surface area contributed by atoms with Gasteiger partial charge in [0.1, 0.15) is 10.7 Å². The van der Waals surface area contributed by atoms with Gasteiger partial charge >= 0.3 is 0 Å². The molecule has 0 N–H and O–H groups in total. The summed E-state index contributed by atoms with van der Waals surface area (Å²) in [6.45, 7) is 4.54. The van der Waals surface area contributed by atoms with Crippen LogP contribution in [0.3, 0.4) is 0 Å². The molecule has 3 nitrogen and oxygen atoms in total. The van der Waals surface area contributed by atoms with Crippen LogP contribution >= 0.6 is 0 Å². The van der Waals surface area contributed by atoms with Crippen LogP contribution in [0.2, 0.25) is 0 Å². The van der Waals surface area contributed by atoms with E-state index in [1.807, 2.05) is 6.92 Å². The van der Waals surface area contributed by atoms with E-state index in [1.165, 1.54) is 28.6 Å². The number of unbranched alkanes of at least 4 members (excludes halogenated alkanes) is 1. The van der Waals surface area contributed by atoms with Gasteiger partial charge < -0.3 is 0 Å². The largest absolute Gasteiger partial charge is 0.245 e. The first-order valence-electron chi connectivity index (χ1n) is 5.78. The quantitative estimate of drug-likeness (QED) is 0.787. The number of hydrogen-bond donors (Lipinski definition) is 0. The van der Waals surface area contributed by atoms with Crippen LogP contribution in [0.4, 0.5) is 4.39 Å². The van der Waals surface area contributed by atoms with E-state index in [0.29, 0.717) is 13.1 Å². The van der Waals surface area contributed by atoms with E-state index in [2.05, 4.69) is 0 Å². The van der Waals surface area contributed by atoms with Gasteiger partial charge in [-0.2, -0.15) is 4.31 Å². The minimum Gasteiger partial charge on any atom is -0.207 e. The van der Waals surface area contributed by atoms with E-state index in [4.69, 9.17) is 0 Å². The molecule has 0 aliphatic rings. The molecule has 0 aliphatic heterocycles. The Labute approximate surface area is 102 Å². The van der Waals surface area contributed by atoms with Gasteiger partial charge in [-0.3, -0.25) is 0 Å². The third-order valence-electron chi connectivity index (χ3n) is 2.57. The molecule has 0 aliphatic carbocycles. The Bertz CT molecular complexity index is 459. The summed E-state index contributed by atoms with van der Waals surface area (Å²) in [6.07, 6.45) is 1.69. The molecule has 0 saturated heterocycles. The highest BCUT2D eigenvalue weighted by molar-refractivity contribution is 7.89. The molecule has 0 amide bonds. The fraction of sp³-hybridized carbons (Fsp3) is 0.500. The van der Waals surface area contributed by atoms with Crippen molar-refractivity contribution >= 4 is 10.0 Å². The Hall–Kier alpha value is -0.940. The Morgan fingerprint density at radius 3 is 2.41 bits per heavy atom. The SMILES string of the molecule is CCCCN(CC)S(=O)(=O)c1ccccc1F. The summed E-state index contributed by atoms with van der Waals surface area (Å²) in [5.41, 5.74) is 0. The second-order valence-electron chi connectivity index (χ2n) is 3.78. The maximum atomic E-state index is 13.5. The summed E-state index contributed by atoms with van der Waals surface area (Å²) in [5, 5.41) is 0. The summed E-state index contributed by atoms with van der Waals surface area (Å²) in [7, 11) is -3.70. The zero-order chi connectivity index (χ0) is 12.9. The highest BCUT2D eigenvalue weighted by Crippen LogP contribution is 2.19. The number of sulfonamides is 1. The molecule has 17 heavy (non-hydrogen) atoms. The lowest BCUT2D eigenvalue weighted by Gasteiger charge is -2.20. The van der Waals surface area contributed by atoms with Gasteiger partial charge in [-0.15, -0.1) is 0 Å². The molecule has 96 valence electrons. The number of hydrogen-bond acceptors (Lipinski definition) is 2. The van der Waals surface area contributed by atoms with Crippen molar-refractivity contribution in [2.75, 3.05) is 13.1 Å². The summed E-state index contributed by atoms with van der Waals surface area (Å²) in [5.74, 6) is -0.692. The minimum absolute atomic E-state index is 0.238. The second kappa shape index (κ2) is 6.12. The van der Waals surface area contributed by atoms with Gasteiger partial charge in [-0.25, -0.2) is 12.8 Å². The summed E-state index contributed by atoms with van der Waals surface area (Å²) < 4.78 is 39.2. The number of rotatable bonds is 6. The maximum absolute atomic E-state index is 13.5. The van der Waals surface area contributed by atoms with E-state index in [-0.39, 0.29) is 4.90 Å². The van der Waals surface area contributed by atoms with Crippen LogP contribution in [0.25, 0.3) is 0 Å². The van der Waals surface area contributed by atoms with Crippen molar-refractivity contribution in [3.8, 4) is 0 Å². The Kier molecular flexibility index (Phi) is 5.08. The fourth-order valence-corrected chi connectivity index (χ4v) is 3.13. The molecule has 0 bridgehead atoms. The lowest BCUT2D eigenvalue weighted by molar-refractivity contribution is 0.415. The first kappa shape index (κ1) is 14.1. The molecule has 0 spiro atoms. The van der Waals surface area contributed by atoms with E-state index in [9.17, 15) is 12.8 Å². The van der Waals surface area contributed by atoms with Crippen molar-refractivity contribution in [2.45, 2.75) is 31.6 Å². The van der Waals surface area contributed by atoms with E-state index < -0.39 is 15.8 Å². The molecule has 0 fully saturated rings. The first-order valence-corrected chi connectivity index (χ1v) is 7.22. The Morgan fingerprint density at radius 1 is 1.24 bits per heavy atom. The Balaban J connectivity index is 3.05. The highest BCUT2D eigenvalue weighted by Gasteiger charge is 2.25. The van der Waals surface area contributed by atoms with Gasteiger partial charge in [0, 0.05) is 13.1 Å². The average Bonchev–Trinajstić information content (AvgIpc) is 2.30. The molecule has 0 atom stereocenters. The van der Waals surface area contributed by atoms with Crippen LogP contribution in [-0.4, -0.2) is 25.8 Å². The fourth-order valence-electron chi connectivity index (χ4n) is 1.58. The molecule has 0 saturated carbocycles. The van der Waals surface area contributed by atoms with Crippen molar-refractivity contribution in [1.82, 2.24) is 4.31 Å². The van der Waals surface area contributed by atoms with Gasteiger partial charge in [0.2, 0.25) is 10.0 Å².